The molecule has 1 heterocycles. The Morgan fingerprint density at radius 2 is 1.69 bits per heavy atom. The predicted octanol–water partition coefficient (Wildman–Crippen LogP) is 7.06. The number of halogens is 2. The van der Waals surface area contributed by atoms with E-state index in [9.17, 15) is 9.59 Å². The third kappa shape index (κ3) is 7.24. The van der Waals surface area contributed by atoms with E-state index in [-0.39, 0.29) is 23.9 Å². The highest BCUT2D eigenvalue weighted by molar-refractivity contribution is 6.42. The fraction of sp³-hybridized carbons (Fsp3) is 0.370. The van der Waals surface area contributed by atoms with Crippen molar-refractivity contribution < 1.29 is 9.59 Å². The molecule has 2 aromatic carbocycles. The van der Waals surface area contributed by atoms with Gasteiger partial charge in [0, 0.05) is 23.7 Å². The molecule has 0 spiro atoms. The van der Waals surface area contributed by atoms with E-state index in [0.717, 1.165) is 29.8 Å². The van der Waals surface area contributed by atoms with E-state index in [4.69, 9.17) is 28.3 Å². The molecule has 3 rings (SSSR count). The van der Waals surface area contributed by atoms with Crippen LogP contribution < -0.4 is 10.6 Å². The van der Waals surface area contributed by atoms with Crippen molar-refractivity contribution >= 4 is 46.6 Å². The molecule has 0 unspecified atom stereocenters. The van der Waals surface area contributed by atoms with E-state index in [2.05, 4.69) is 31.4 Å². The quantitative estimate of drug-likeness (QED) is 0.327. The van der Waals surface area contributed by atoms with E-state index in [0.29, 0.717) is 28.1 Å². The Hall–Kier alpha value is -3.03. The molecule has 7 nitrogen and oxygen atoms in total. The van der Waals surface area contributed by atoms with Crippen molar-refractivity contribution in [2.24, 2.45) is 0 Å². The van der Waals surface area contributed by atoms with Gasteiger partial charge >= 0.3 is 6.03 Å². The van der Waals surface area contributed by atoms with Gasteiger partial charge < -0.3 is 15.5 Å². The van der Waals surface area contributed by atoms with Crippen LogP contribution in [0.25, 0.3) is 5.69 Å². The number of urea groups is 1. The summed E-state index contributed by atoms with van der Waals surface area (Å²) < 4.78 is 1.73. The molecule has 0 saturated carbocycles. The number of carbonyl (C=O) groups excluding carboxylic acids is 2. The Bertz CT molecular complexity index is 1220. The number of aryl methyl sites for hydroxylation is 1. The highest BCUT2D eigenvalue weighted by Gasteiger charge is 2.23. The van der Waals surface area contributed by atoms with Crippen LogP contribution in [0.15, 0.2) is 48.5 Å². The molecule has 0 atom stereocenters. The van der Waals surface area contributed by atoms with Crippen LogP contribution in [0.4, 0.5) is 16.3 Å². The van der Waals surface area contributed by atoms with Crippen LogP contribution in [0.3, 0.4) is 0 Å². The summed E-state index contributed by atoms with van der Waals surface area (Å²) in [4.78, 5) is 27.6. The molecule has 1 aromatic heterocycles. The number of aromatic nitrogens is 2. The van der Waals surface area contributed by atoms with Crippen molar-refractivity contribution in [2.45, 2.75) is 52.9 Å². The number of carbonyl (C=O) groups is 2. The summed E-state index contributed by atoms with van der Waals surface area (Å²) in [7, 11) is 0. The standard InChI is InChI=1S/C27H33Cl2N5O2/c1-6-7-14-33(26(36)30-19-10-13-21(28)22(29)15-19)17-25(35)31-24-16-23(27(3,4)5)32-34(24)20-11-8-18(2)9-12-20/h8-13,15-16H,6-7,14,17H2,1-5H3,(H,30,36)(H,31,35). The molecule has 2 N–H and O–H groups in total. The highest BCUT2D eigenvalue weighted by Crippen LogP contribution is 2.27. The van der Waals surface area contributed by atoms with E-state index in [1.54, 1.807) is 22.9 Å². The second kappa shape index (κ2) is 11.8. The van der Waals surface area contributed by atoms with Gasteiger partial charge in [-0.15, -0.1) is 0 Å². The summed E-state index contributed by atoms with van der Waals surface area (Å²) in [6, 6.07) is 14.3. The molecule has 0 aliphatic rings. The second-order valence-electron chi connectivity index (χ2n) is 9.79. The Labute approximate surface area is 222 Å². The SMILES string of the molecule is CCCCN(CC(=O)Nc1cc(C(C)(C)C)nn1-c1ccc(C)cc1)C(=O)Nc1ccc(Cl)c(Cl)c1. The fourth-order valence-corrected chi connectivity index (χ4v) is 3.75. The number of hydrogen-bond acceptors (Lipinski definition) is 3. The van der Waals surface area contributed by atoms with Crippen molar-refractivity contribution in [3.63, 3.8) is 0 Å². The minimum atomic E-state index is -0.389. The number of nitrogens with one attached hydrogen (secondary N) is 2. The van der Waals surface area contributed by atoms with Gasteiger partial charge in [-0.05, 0) is 43.7 Å². The van der Waals surface area contributed by atoms with Crippen molar-refractivity contribution in [3.05, 3.63) is 69.8 Å². The maximum absolute atomic E-state index is 13.1. The smallest absolute Gasteiger partial charge is 0.315 e. The zero-order valence-electron chi connectivity index (χ0n) is 21.4. The molecule has 0 bridgehead atoms. The molecule has 3 amide bonds. The number of benzene rings is 2. The molecule has 9 heteroatoms. The Balaban J connectivity index is 1.80. The lowest BCUT2D eigenvalue weighted by molar-refractivity contribution is -0.116. The number of unbranched alkanes of at least 4 members (excludes halogenated alkanes) is 1. The van der Waals surface area contributed by atoms with Crippen LogP contribution in [-0.2, 0) is 10.2 Å². The van der Waals surface area contributed by atoms with Gasteiger partial charge in [-0.2, -0.15) is 5.10 Å². The van der Waals surface area contributed by atoms with Crippen LogP contribution in [0.2, 0.25) is 10.0 Å². The fourth-order valence-electron chi connectivity index (χ4n) is 3.45. The lowest BCUT2D eigenvalue weighted by Crippen LogP contribution is -2.41. The monoisotopic (exact) mass is 529 g/mol. The number of rotatable bonds is 8. The number of anilines is 2. The first-order chi connectivity index (χ1) is 17.0. The van der Waals surface area contributed by atoms with E-state index < -0.39 is 0 Å². The predicted molar refractivity (Wildman–Crippen MR) is 148 cm³/mol. The first kappa shape index (κ1) is 27.6. The Kier molecular flexibility index (Phi) is 9.03. The largest absolute Gasteiger partial charge is 0.322 e. The Morgan fingerprint density at radius 3 is 2.31 bits per heavy atom. The van der Waals surface area contributed by atoms with Crippen molar-refractivity contribution in [2.75, 3.05) is 23.7 Å². The van der Waals surface area contributed by atoms with E-state index in [1.807, 2.05) is 44.2 Å². The van der Waals surface area contributed by atoms with Gasteiger partial charge in [-0.3, -0.25) is 4.79 Å². The van der Waals surface area contributed by atoms with Crippen LogP contribution in [0.1, 0.15) is 51.8 Å². The zero-order chi connectivity index (χ0) is 26.5. The molecular weight excluding hydrogens is 497 g/mol. The van der Waals surface area contributed by atoms with Gasteiger partial charge in [0.05, 0.1) is 21.4 Å². The Morgan fingerprint density at radius 1 is 1.00 bits per heavy atom. The molecule has 0 saturated heterocycles. The summed E-state index contributed by atoms with van der Waals surface area (Å²) in [6.45, 7) is 10.6. The number of hydrogen-bond donors (Lipinski definition) is 2. The molecule has 0 radical (unpaired) electrons. The van der Waals surface area contributed by atoms with Crippen molar-refractivity contribution in [1.29, 1.82) is 0 Å². The normalized spacial score (nSPS) is 11.3. The average molecular weight is 531 g/mol. The van der Waals surface area contributed by atoms with Crippen molar-refractivity contribution in [1.82, 2.24) is 14.7 Å². The molecular formula is C27H33Cl2N5O2. The summed E-state index contributed by atoms with van der Waals surface area (Å²) in [6.07, 6.45) is 1.64. The number of nitrogens with zero attached hydrogens (tertiary/aromatic N) is 3. The third-order valence-corrected chi connectivity index (χ3v) is 6.34. The number of amides is 3. The first-order valence-electron chi connectivity index (χ1n) is 12.0. The van der Waals surface area contributed by atoms with Crippen LogP contribution >= 0.6 is 23.2 Å². The summed E-state index contributed by atoms with van der Waals surface area (Å²) in [5.41, 5.74) is 3.11. The van der Waals surface area contributed by atoms with E-state index in [1.165, 1.54) is 4.90 Å². The van der Waals surface area contributed by atoms with Gasteiger partial charge in [0.25, 0.3) is 0 Å². The van der Waals surface area contributed by atoms with Gasteiger partial charge in [0.2, 0.25) is 5.91 Å². The summed E-state index contributed by atoms with van der Waals surface area (Å²) in [5.74, 6) is 0.234. The topological polar surface area (TPSA) is 79.3 Å². The summed E-state index contributed by atoms with van der Waals surface area (Å²) in [5, 5.41) is 11.3. The molecule has 0 aliphatic carbocycles. The molecule has 36 heavy (non-hydrogen) atoms. The summed E-state index contributed by atoms with van der Waals surface area (Å²) >= 11 is 12.0. The average Bonchev–Trinajstić information content (AvgIpc) is 3.23. The molecule has 192 valence electrons. The second-order valence-corrected chi connectivity index (χ2v) is 10.6. The highest BCUT2D eigenvalue weighted by atomic mass is 35.5. The van der Waals surface area contributed by atoms with Crippen LogP contribution in [0.5, 0.6) is 0 Å². The minimum Gasteiger partial charge on any atom is -0.315 e. The van der Waals surface area contributed by atoms with Gasteiger partial charge in [0.1, 0.15) is 12.4 Å². The minimum absolute atomic E-state index is 0.114. The van der Waals surface area contributed by atoms with Gasteiger partial charge in [-0.25, -0.2) is 9.48 Å². The first-order valence-corrected chi connectivity index (χ1v) is 12.7. The maximum Gasteiger partial charge on any atom is 0.322 e. The lowest BCUT2D eigenvalue weighted by Gasteiger charge is -2.22. The van der Waals surface area contributed by atoms with Crippen molar-refractivity contribution in [3.8, 4) is 5.69 Å². The third-order valence-electron chi connectivity index (χ3n) is 5.60. The zero-order valence-corrected chi connectivity index (χ0v) is 22.9. The molecule has 0 aliphatic heterocycles. The van der Waals surface area contributed by atoms with Gasteiger partial charge in [-0.1, -0.05) is 75.0 Å². The molecule has 0 fully saturated rings. The lowest BCUT2D eigenvalue weighted by atomic mass is 9.92. The maximum atomic E-state index is 13.1. The molecule has 3 aromatic rings. The van der Waals surface area contributed by atoms with Gasteiger partial charge in [0.15, 0.2) is 0 Å². The van der Waals surface area contributed by atoms with Crippen LogP contribution in [-0.4, -0.2) is 39.7 Å². The van der Waals surface area contributed by atoms with Crippen LogP contribution in [0, 0.1) is 6.92 Å². The van der Waals surface area contributed by atoms with E-state index >= 15 is 0 Å².